The second kappa shape index (κ2) is 8.33. The summed E-state index contributed by atoms with van der Waals surface area (Å²) in [6.07, 6.45) is -0.119. The molecule has 3 rings (SSSR count). The highest BCUT2D eigenvalue weighted by Crippen LogP contribution is 2.34. The van der Waals surface area contributed by atoms with E-state index in [0.29, 0.717) is 29.6 Å². The fraction of sp³-hybridized carbons (Fsp3) is 0.412. The van der Waals surface area contributed by atoms with Crippen molar-refractivity contribution < 1.29 is 27.4 Å². The lowest BCUT2D eigenvalue weighted by Gasteiger charge is -2.25. The molecule has 0 saturated heterocycles. The monoisotopic (exact) mass is 427 g/mol. The molecule has 1 N–H and O–H groups in total. The first-order valence-electron chi connectivity index (χ1n) is 8.53. The van der Waals surface area contributed by atoms with Gasteiger partial charge in [0.25, 0.3) is 0 Å². The molecular formula is C17H21N3O6S2. The van der Waals surface area contributed by atoms with E-state index < -0.39 is 16.1 Å². The van der Waals surface area contributed by atoms with E-state index in [1.165, 1.54) is 42.0 Å². The van der Waals surface area contributed by atoms with Crippen LogP contribution < -0.4 is 14.8 Å². The van der Waals surface area contributed by atoms with Crippen LogP contribution in [0.4, 0.5) is 9.93 Å². The largest absolute Gasteiger partial charge is 0.493 e. The minimum Gasteiger partial charge on any atom is -0.493 e. The van der Waals surface area contributed by atoms with Crippen LogP contribution in [0.15, 0.2) is 23.1 Å². The van der Waals surface area contributed by atoms with Gasteiger partial charge in [0.15, 0.2) is 16.6 Å². The number of anilines is 1. The summed E-state index contributed by atoms with van der Waals surface area (Å²) >= 11 is 1.24. The molecule has 1 aromatic heterocycles. The summed E-state index contributed by atoms with van der Waals surface area (Å²) in [5, 5.41) is 2.96. The number of ether oxygens (including phenoxy) is 3. The maximum Gasteiger partial charge on any atom is 0.413 e. The Morgan fingerprint density at radius 3 is 2.71 bits per heavy atom. The van der Waals surface area contributed by atoms with Crippen LogP contribution in [-0.2, 0) is 27.7 Å². The summed E-state index contributed by atoms with van der Waals surface area (Å²) in [4.78, 5) is 16.8. The number of amides is 1. The Kier molecular flexibility index (Phi) is 6.06. The zero-order valence-electron chi connectivity index (χ0n) is 15.7. The van der Waals surface area contributed by atoms with E-state index in [4.69, 9.17) is 14.2 Å². The van der Waals surface area contributed by atoms with Crippen molar-refractivity contribution in [3.63, 3.8) is 0 Å². The SMILES string of the molecule is CCOC(=O)Nc1nc2c(s1)CN(S(=O)(=O)c1ccc(OC)c(OC)c1)CC2. The van der Waals surface area contributed by atoms with Crippen molar-refractivity contribution in [1.82, 2.24) is 9.29 Å². The molecule has 0 radical (unpaired) electrons. The van der Waals surface area contributed by atoms with Crippen LogP contribution in [0, 0.1) is 0 Å². The number of aromatic nitrogens is 1. The summed E-state index contributed by atoms with van der Waals surface area (Å²) in [6.45, 7) is 2.46. The number of sulfonamides is 1. The fourth-order valence-corrected chi connectivity index (χ4v) is 5.33. The molecule has 28 heavy (non-hydrogen) atoms. The molecule has 11 heteroatoms. The average Bonchev–Trinajstić information content (AvgIpc) is 3.08. The topological polar surface area (TPSA) is 107 Å². The quantitative estimate of drug-likeness (QED) is 0.755. The van der Waals surface area contributed by atoms with Gasteiger partial charge in [-0.3, -0.25) is 5.32 Å². The molecule has 1 aliphatic heterocycles. The van der Waals surface area contributed by atoms with E-state index in [1.54, 1.807) is 13.0 Å². The highest BCUT2D eigenvalue weighted by molar-refractivity contribution is 7.89. The van der Waals surface area contributed by atoms with Gasteiger partial charge in [0.05, 0.1) is 38.0 Å². The van der Waals surface area contributed by atoms with Crippen molar-refractivity contribution in [3.8, 4) is 11.5 Å². The third kappa shape index (κ3) is 4.05. The van der Waals surface area contributed by atoms with Crippen molar-refractivity contribution in [3.05, 3.63) is 28.8 Å². The Bertz CT molecular complexity index is 973. The number of nitrogens with one attached hydrogen (secondary N) is 1. The van der Waals surface area contributed by atoms with Crippen LogP contribution in [0.5, 0.6) is 11.5 Å². The molecule has 1 aromatic carbocycles. The van der Waals surface area contributed by atoms with Crippen LogP contribution in [-0.4, -0.2) is 51.2 Å². The molecule has 1 amide bonds. The van der Waals surface area contributed by atoms with Crippen molar-refractivity contribution in [2.45, 2.75) is 24.8 Å². The Labute approximate surface area is 167 Å². The molecule has 2 heterocycles. The smallest absolute Gasteiger partial charge is 0.413 e. The Balaban J connectivity index is 1.81. The maximum absolute atomic E-state index is 13.1. The van der Waals surface area contributed by atoms with Crippen molar-refractivity contribution in [1.29, 1.82) is 0 Å². The van der Waals surface area contributed by atoms with Gasteiger partial charge in [-0.15, -0.1) is 0 Å². The molecule has 0 spiro atoms. The number of benzene rings is 1. The number of carbonyl (C=O) groups is 1. The number of methoxy groups -OCH3 is 2. The molecule has 1 aliphatic rings. The molecule has 152 valence electrons. The average molecular weight is 428 g/mol. The van der Waals surface area contributed by atoms with Gasteiger partial charge >= 0.3 is 6.09 Å². The van der Waals surface area contributed by atoms with Crippen LogP contribution in [0.1, 0.15) is 17.5 Å². The lowest BCUT2D eigenvalue weighted by Crippen LogP contribution is -2.35. The highest BCUT2D eigenvalue weighted by atomic mass is 32.2. The lowest BCUT2D eigenvalue weighted by molar-refractivity contribution is 0.168. The van der Waals surface area contributed by atoms with E-state index >= 15 is 0 Å². The summed E-state index contributed by atoms with van der Waals surface area (Å²) in [7, 11) is -0.775. The van der Waals surface area contributed by atoms with Gasteiger partial charge < -0.3 is 14.2 Å². The molecule has 0 unspecified atom stereocenters. The van der Waals surface area contributed by atoms with Crippen molar-refractivity contribution in [2.75, 3.05) is 32.7 Å². The number of hydrogen-bond acceptors (Lipinski definition) is 8. The molecule has 0 saturated carbocycles. The first kappa shape index (κ1) is 20.4. The first-order chi connectivity index (χ1) is 13.4. The molecule has 0 fully saturated rings. The number of carbonyl (C=O) groups excluding carboxylic acids is 1. The van der Waals surface area contributed by atoms with Crippen LogP contribution in [0.3, 0.4) is 0 Å². The predicted octanol–water partition coefficient (Wildman–Crippen LogP) is 2.48. The van der Waals surface area contributed by atoms with E-state index in [9.17, 15) is 13.2 Å². The number of nitrogens with zero attached hydrogens (tertiary/aromatic N) is 2. The van der Waals surface area contributed by atoms with E-state index in [2.05, 4.69) is 10.3 Å². The van der Waals surface area contributed by atoms with Crippen LogP contribution in [0.25, 0.3) is 0 Å². The summed E-state index contributed by atoms with van der Waals surface area (Å²) in [5.74, 6) is 0.805. The van der Waals surface area contributed by atoms with Crippen molar-refractivity contribution in [2.24, 2.45) is 0 Å². The molecule has 2 aromatic rings. The summed E-state index contributed by atoms with van der Waals surface area (Å²) < 4.78 is 42.7. The minimum atomic E-state index is -3.72. The van der Waals surface area contributed by atoms with E-state index in [0.717, 1.165) is 10.6 Å². The third-order valence-corrected chi connectivity index (χ3v) is 7.01. The minimum absolute atomic E-state index is 0.128. The number of rotatable bonds is 6. The van der Waals surface area contributed by atoms with Crippen LogP contribution in [0.2, 0.25) is 0 Å². The summed E-state index contributed by atoms with van der Waals surface area (Å²) in [5.41, 5.74) is 0.788. The van der Waals surface area contributed by atoms with Gasteiger partial charge in [-0.1, -0.05) is 11.3 Å². The van der Waals surface area contributed by atoms with Gasteiger partial charge in [0, 0.05) is 23.9 Å². The van der Waals surface area contributed by atoms with Gasteiger partial charge in [0.1, 0.15) is 0 Å². The van der Waals surface area contributed by atoms with Gasteiger partial charge in [-0.25, -0.2) is 18.2 Å². The fourth-order valence-electron chi connectivity index (χ4n) is 2.81. The highest BCUT2D eigenvalue weighted by Gasteiger charge is 2.31. The van der Waals surface area contributed by atoms with E-state index in [1.807, 2.05) is 0 Å². The maximum atomic E-state index is 13.1. The predicted molar refractivity (Wildman–Crippen MR) is 104 cm³/mol. The zero-order valence-corrected chi connectivity index (χ0v) is 17.4. The molecular weight excluding hydrogens is 406 g/mol. The summed E-state index contributed by atoms with van der Waals surface area (Å²) in [6, 6.07) is 4.51. The number of hydrogen-bond donors (Lipinski definition) is 1. The second-order valence-electron chi connectivity index (χ2n) is 5.84. The Morgan fingerprint density at radius 2 is 2.04 bits per heavy atom. The molecule has 9 nitrogen and oxygen atoms in total. The normalized spacial score (nSPS) is 14.2. The molecule has 0 aliphatic carbocycles. The standard InChI is InChI=1S/C17H21N3O6S2/c1-4-26-17(21)19-16-18-12-7-8-20(10-15(12)27-16)28(22,23)11-5-6-13(24-2)14(9-11)25-3/h5-6,9H,4,7-8,10H2,1-3H3,(H,18,19,21). The number of fused-ring (bicyclic) bond motifs is 1. The Hall–Kier alpha value is -2.37. The van der Waals surface area contributed by atoms with E-state index in [-0.39, 0.29) is 18.0 Å². The Morgan fingerprint density at radius 1 is 1.29 bits per heavy atom. The third-order valence-electron chi connectivity index (χ3n) is 4.17. The van der Waals surface area contributed by atoms with Crippen molar-refractivity contribution >= 4 is 32.6 Å². The second-order valence-corrected chi connectivity index (χ2v) is 8.86. The zero-order chi connectivity index (χ0) is 20.3. The number of thiazole rings is 1. The first-order valence-corrected chi connectivity index (χ1v) is 10.8. The van der Waals surface area contributed by atoms with Crippen LogP contribution >= 0.6 is 11.3 Å². The lowest BCUT2D eigenvalue weighted by atomic mass is 10.2. The van der Waals surface area contributed by atoms with Gasteiger partial charge in [0.2, 0.25) is 10.0 Å². The molecule has 0 atom stereocenters. The molecule has 0 bridgehead atoms. The van der Waals surface area contributed by atoms with Gasteiger partial charge in [-0.2, -0.15) is 4.31 Å². The van der Waals surface area contributed by atoms with Gasteiger partial charge in [-0.05, 0) is 19.1 Å².